The van der Waals surface area contributed by atoms with Crippen LogP contribution in [0.5, 0.6) is 11.5 Å². The molecule has 26 heavy (non-hydrogen) atoms. The minimum absolute atomic E-state index is 0.180. The van der Waals surface area contributed by atoms with E-state index in [1.165, 1.54) is 42.4 Å². The van der Waals surface area contributed by atoms with Gasteiger partial charge in [0.2, 0.25) is 6.79 Å². The Morgan fingerprint density at radius 3 is 2.73 bits per heavy atom. The predicted molar refractivity (Wildman–Crippen MR) is 107 cm³/mol. The molecule has 2 aromatic rings. The molecule has 0 radical (unpaired) electrons. The van der Waals surface area contributed by atoms with E-state index in [1.54, 1.807) is 0 Å². The van der Waals surface area contributed by atoms with Gasteiger partial charge in [0.15, 0.2) is 16.6 Å². The molecule has 1 aliphatic heterocycles. The molecule has 0 fully saturated rings. The van der Waals surface area contributed by atoms with Crippen molar-refractivity contribution in [3.8, 4) is 11.5 Å². The zero-order valence-corrected chi connectivity index (χ0v) is 15.8. The van der Waals surface area contributed by atoms with Gasteiger partial charge >= 0.3 is 0 Å². The highest BCUT2D eigenvalue weighted by molar-refractivity contribution is 7.80. The first kappa shape index (κ1) is 17.2. The Morgan fingerprint density at radius 2 is 1.85 bits per heavy atom. The van der Waals surface area contributed by atoms with Crippen molar-refractivity contribution in [1.82, 2.24) is 10.6 Å². The maximum atomic E-state index is 5.47. The van der Waals surface area contributed by atoms with Gasteiger partial charge in [0, 0.05) is 6.54 Å². The number of ether oxygens (including phenoxy) is 2. The van der Waals surface area contributed by atoms with E-state index in [0.29, 0.717) is 18.5 Å². The summed E-state index contributed by atoms with van der Waals surface area (Å²) in [7, 11) is 0. The van der Waals surface area contributed by atoms with Crippen LogP contribution in [0.4, 0.5) is 0 Å². The number of nitrogens with one attached hydrogen (secondary N) is 2. The number of fused-ring (bicyclic) bond motifs is 2. The van der Waals surface area contributed by atoms with Crippen LogP contribution in [0.15, 0.2) is 36.4 Å². The van der Waals surface area contributed by atoms with Crippen molar-refractivity contribution in [3.63, 3.8) is 0 Å². The third-order valence-corrected chi connectivity index (χ3v) is 5.37. The summed E-state index contributed by atoms with van der Waals surface area (Å²) in [5.74, 6) is 1.60. The number of hydrogen-bond acceptors (Lipinski definition) is 3. The Labute approximate surface area is 159 Å². The van der Waals surface area contributed by atoms with Gasteiger partial charge in [-0.1, -0.05) is 24.3 Å². The van der Waals surface area contributed by atoms with Gasteiger partial charge < -0.3 is 20.1 Å². The third-order valence-electron chi connectivity index (χ3n) is 5.11. The minimum Gasteiger partial charge on any atom is -0.454 e. The van der Waals surface area contributed by atoms with E-state index in [1.807, 2.05) is 18.2 Å². The Balaban J connectivity index is 1.33. The molecule has 4 nitrogen and oxygen atoms in total. The monoisotopic (exact) mass is 368 g/mol. The van der Waals surface area contributed by atoms with Gasteiger partial charge in [-0.2, -0.15) is 0 Å². The van der Waals surface area contributed by atoms with Gasteiger partial charge in [-0.15, -0.1) is 0 Å². The van der Waals surface area contributed by atoms with Gasteiger partial charge in [0.05, 0.1) is 6.04 Å². The van der Waals surface area contributed by atoms with E-state index in [-0.39, 0.29) is 6.04 Å². The molecule has 1 atom stereocenters. The first-order chi connectivity index (χ1) is 12.7. The molecule has 0 unspecified atom stereocenters. The molecule has 2 N–H and O–H groups in total. The summed E-state index contributed by atoms with van der Waals surface area (Å²) in [6, 6.07) is 13.0. The van der Waals surface area contributed by atoms with Gasteiger partial charge in [0.1, 0.15) is 0 Å². The summed E-state index contributed by atoms with van der Waals surface area (Å²) in [5, 5.41) is 7.33. The Morgan fingerprint density at radius 1 is 1.04 bits per heavy atom. The van der Waals surface area contributed by atoms with Gasteiger partial charge in [0.25, 0.3) is 0 Å². The number of hydrogen-bond donors (Lipinski definition) is 2. The normalized spacial score (nSPS) is 15.9. The maximum absolute atomic E-state index is 5.47. The fourth-order valence-corrected chi connectivity index (χ4v) is 3.84. The van der Waals surface area contributed by atoms with Crippen molar-refractivity contribution in [3.05, 3.63) is 58.7 Å². The van der Waals surface area contributed by atoms with Crippen LogP contribution in [0.3, 0.4) is 0 Å². The summed E-state index contributed by atoms with van der Waals surface area (Å²) >= 11 is 5.47. The van der Waals surface area contributed by atoms with Gasteiger partial charge in [-0.25, -0.2) is 0 Å². The van der Waals surface area contributed by atoms with E-state index < -0.39 is 0 Å². The van der Waals surface area contributed by atoms with Crippen LogP contribution in [-0.2, 0) is 19.4 Å². The summed E-state index contributed by atoms with van der Waals surface area (Å²) in [5.41, 5.74) is 5.41. The molecule has 0 spiro atoms. The molecule has 0 saturated carbocycles. The molecule has 136 valence electrons. The van der Waals surface area contributed by atoms with Crippen molar-refractivity contribution in [1.29, 1.82) is 0 Å². The van der Waals surface area contributed by atoms with E-state index in [9.17, 15) is 0 Å². The molecule has 1 aliphatic carbocycles. The van der Waals surface area contributed by atoms with Crippen LogP contribution >= 0.6 is 12.2 Å². The van der Waals surface area contributed by atoms with E-state index in [2.05, 4.69) is 35.8 Å². The van der Waals surface area contributed by atoms with E-state index in [4.69, 9.17) is 21.7 Å². The zero-order valence-electron chi connectivity index (χ0n) is 15.0. The average molecular weight is 369 g/mol. The van der Waals surface area contributed by atoms with Crippen LogP contribution in [-0.4, -0.2) is 11.9 Å². The number of aryl methyl sites for hydroxylation is 2. The zero-order chi connectivity index (χ0) is 17.9. The van der Waals surface area contributed by atoms with Crippen molar-refractivity contribution in [2.24, 2.45) is 0 Å². The highest BCUT2D eigenvalue weighted by Crippen LogP contribution is 2.32. The molecule has 4 rings (SSSR count). The van der Waals surface area contributed by atoms with Crippen LogP contribution < -0.4 is 20.1 Å². The fraction of sp³-hybridized carbons (Fsp3) is 0.381. The summed E-state index contributed by atoms with van der Waals surface area (Å²) in [6.07, 6.45) is 5.03. The minimum atomic E-state index is 0.180. The summed E-state index contributed by atoms with van der Waals surface area (Å²) in [4.78, 5) is 0. The average Bonchev–Trinajstić information content (AvgIpc) is 3.13. The van der Waals surface area contributed by atoms with Crippen LogP contribution in [0.1, 0.15) is 48.1 Å². The van der Waals surface area contributed by atoms with Gasteiger partial charge in [-0.05, 0) is 79.2 Å². The first-order valence-corrected chi connectivity index (χ1v) is 9.64. The molecule has 5 heteroatoms. The number of thiocarbonyl (C=S) groups is 1. The van der Waals surface area contributed by atoms with Crippen molar-refractivity contribution >= 4 is 17.3 Å². The second-order valence-corrected chi connectivity index (χ2v) is 7.38. The van der Waals surface area contributed by atoms with E-state index >= 15 is 0 Å². The smallest absolute Gasteiger partial charge is 0.231 e. The second-order valence-electron chi connectivity index (χ2n) is 6.97. The van der Waals surface area contributed by atoms with E-state index in [0.717, 1.165) is 17.1 Å². The highest BCUT2D eigenvalue weighted by Gasteiger charge is 2.14. The molecule has 0 aromatic heterocycles. The summed E-state index contributed by atoms with van der Waals surface area (Å²) in [6.45, 7) is 3.10. The predicted octanol–water partition coefficient (Wildman–Crippen LogP) is 4.02. The molecule has 2 aliphatic rings. The maximum Gasteiger partial charge on any atom is 0.231 e. The third kappa shape index (κ3) is 3.78. The Bertz CT molecular complexity index is 822. The van der Waals surface area contributed by atoms with Crippen molar-refractivity contribution < 1.29 is 9.47 Å². The lowest BCUT2D eigenvalue weighted by Crippen LogP contribution is -2.36. The van der Waals surface area contributed by atoms with Crippen LogP contribution in [0, 0.1) is 0 Å². The quantitative estimate of drug-likeness (QED) is 0.798. The number of rotatable bonds is 4. The summed E-state index contributed by atoms with van der Waals surface area (Å²) < 4.78 is 10.8. The Kier molecular flexibility index (Phi) is 4.98. The lowest BCUT2D eigenvalue weighted by molar-refractivity contribution is 0.174. The van der Waals surface area contributed by atoms with Gasteiger partial charge in [-0.3, -0.25) is 0 Å². The Hall–Kier alpha value is -2.27. The lowest BCUT2D eigenvalue weighted by atomic mass is 9.89. The highest BCUT2D eigenvalue weighted by atomic mass is 32.1. The fourth-order valence-electron chi connectivity index (χ4n) is 3.59. The largest absolute Gasteiger partial charge is 0.454 e. The van der Waals surface area contributed by atoms with Crippen molar-refractivity contribution in [2.45, 2.75) is 45.2 Å². The van der Waals surface area contributed by atoms with Crippen LogP contribution in [0.25, 0.3) is 0 Å². The number of benzene rings is 2. The molecule has 1 heterocycles. The molecule has 0 bridgehead atoms. The molecular weight excluding hydrogens is 344 g/mol. The lowest BCUT2D eigenvalue weighted by Gasteiger charge is -2.21. The topological polar surface area (TPSA) is 42.5 Å². The van der Waals surface area contributed by atoms with Crippen molar-refractivity contribution in [2.75, 3.05) is 6.79 Å². The molecule has 2 aromatic carbocycles. The second kappa shape index (κ2) is 7.54. The SMILES string of the molecule is C[C@@H](NC(=S)NCc1ccc2c(c1)OCO2)c1ccc2c(c1)CCCC2. The first-order valence-electron chi connectivity index (χ1n) is 9.23. The van der Waals surface area contributed by atoms with Crippen LogP contribution in [0.2, 0.25) is 0 Å². The molecule has 0 saturated heterocycles. The molecular formula is C21H24N2O2S. The molecule has 0 amide bonds. The standard InChI is InChI=1S/C21H24N2O2S/c1-14(17-8-7-16-4-2-3-5-18(16)11-17)23-21(26)22-12-15-6-9-19-20(10-15)25-13-24-19/h6-11,14H,2-5,12-13H2,1H3,(H2,22,23,26)/t14-/m1/s1.